The van der Waals surface area contributed by atoms with Crippen molar-refractivity contribution in [1.82, 2.24) is 24.3 Å². The van der Waals surface area contributed by atoms with Crippen molar-refractivity contribution in [1.29, 1.82) is 0 Å². The molecular formula is C34H35N5O3. The molecule has 0 saturated heterocycles. The monoisotopic (exact) mass is 561 g/mol. The SMILES string of the molecule is C.Cc1ccc(-n2nc(C(C)C)cc2CC(=O)Cc2ccc(Oc3ccnc4[nH]c(=O)n(C)c34)c3ccccc23)cc1. The van der Waals surface area contributed by atoms with Crippen molar-refractivity contribution < 1.29 is 9.53 Å². The van der Waals surface area contributed by atoms with E-state index < -0.39 is 0 Å². The molecule has 0 spiro atoms. The largest absolute Gasteiger partial charge is 0.454 e. The van der Waals surface area contributed by atoms with E-state index in [0.717, 1.165) is 33.4 Å². The van der Waals surface area contributed by atoms with Gasteiger partial charge in [0.15, 0.2) is 11.4 Å². The second-order valence-electron chi connectivity index (χ2n) is 10.7. The van der Waals surface area contributed by atoms with Gasteiger partial charge in [0, 0.05) is 37.5 Å². The molecule has 0 amide bonds. The summed E-state index contributed by atoms with van der Waals surface area (Å²) in [5, 5.41) is 6.65. The molecule has 0 radical (unpaired) electrons. The van der Waals surface area contributed by atoms with Crippen LogP contribution in [0.1, 0.15) is 49.7 Å². The van der Waals surface area contributed by atoms with Crippen LogP contribution in [0.25, 0.3) is 27.6 Å². The summed E-state index contributed by atoms with van der Waals surface area (Å²) in [6.45, 7) is 6.27. The van der Waals surface area contributed by atoms with Gasteiger partial charge in [0.05, 0.1) is 17.1 Å². The molecular weight excluding hydrogens is 526 g/mol. The van der Waals surface area contributed by atoms with E-state index in [1.54, 1.807) is 19.3 Å². The Labute approximate surface area is 244 Å². The van der Waals surface area contributed by atoms with Crippen molar-refractivity contribution >= 4 is 27.7 Å². The number of ketones is 1. The molecule has 0 unspecified atom stereocenters. The highest BCUT2D eigenvalue weighted by Gasteiger charge is 2.18. The molecule has 3 aromatic carbocycles. The molecule has 6 rings (SSSR count). The number of hydrogen-bond acceptors (Lipinski definition) is 5. The molecule has 6 aromatic rings. The second-order valence-corrected chi connectivity index (χ2v) is 10.7. The number of carbonyl (C=O) groups excluding carboxylic acids is 1. The summed E-state index contributed by atoms with van der Waals surface area (Å²) < 4.78 is 9.72. The van der Waals surface area contributed by atoms with Crippen LogP contribution >= 0.6 is 0 Å². The first-order chi connectivity index (χ1) is 19.8. The van der Waals surface area contributed by atoms with Crippen molar-refractivity contribution in [2.24, 2.45) is 7.05 Å². The number of aromatic amines is 1. The summed E-state index contributed by atoms with van der Waals surface area (Å²) in [7, 11) is 1.68. The van der Waals surface area contributed by atoms with Gasteiger partial charge in [-0.05, 0) is 48.1 Å². The number of H-pyrrole nitrogens is 1. The maximum atomic E-state index is 13.5. The minimum absolute atomic E-state index is 0. The average Bonchev–Trinajstić information content (AvgIpc) is 3.51. The van der Waals surface area contributed by atoms with Crippen molar-refractivity contribution in [3.63, 3.8) is 0 Å². The molecule has 0 atom stereocenters. The van der Waals surface area contributed by atoms with Crippen LogP contribution < -0.4 is 10.4 Å². The third-order valence-electron chi connectivity index (χ3n) is 7.38. The first-order valence-electron chi connectivity index (χ1n) is 13.7. The van der Waals surface area contributed by atoms with E-state index in [-0.39, 0.29) is 37.7 Å². The molecule has 0 aliphatic carbocycles. The number of Topliss-reactive ketones (excluding diaryl/α,β-unsaturated/α-hetero) is 1. The van der Waals surface area contributed by atoms with Gasteiger partial charge in [-0.3, -0.25) is 14.3 Å². The topological polar surface area (TPSA) is 94.8 Å². The Morgan fingerprint density at radius 2 is 1.69 bits per heavy atom. The third-order valence-corrected chi connectivity index (χ3v) is 7.38. The zero-order valence-electron chi connectivity index (χ0n) is 23.5. The molecule has 3 heterocycles. The van der Waals surface area contributed by atoms with Crippen molar-refractivity contribution in [3.05, 3.63) is 112 Å². The van der Waals surface area contributed by atoms with Gasteiger partial charge in [-0.25, -0.2) is 14.5 Å². The van der Waals surface area contributed by atoms with Gasteiger partial charge in [-0.2, -0.15) is 5.10 Å². The normalized spacial score (nSPS) is 11.3. The van der Waals surface area contributed by atoms with Crippen LogP contribution in [0.4, 0.5) is 0 Å². The number of rotatable bonds is 8. The van der Waals surface area contributed by atoms with Gasteiger partial charge < -0.3 is 4.74 Å². The highest BCUT2D eigenvalue weighted by molar-refractivity contribution is 5.95. The zero-order chi connectivity index (χ0) is 28.7. The Kier molecular flexibility index (Phi) is 7.81. The first kappa shape index (κ1) is 28.5. The summed E-state index contributed by atoms with van der Waals surface area (Å²) in [6.07, 6.45) is 2.16. The molecule has 8 nitrogen and oxygen atoms in total. The zero-order valence-corrected chi connectivity index (χ0v) is 23.5. The fourth-order valence-corrected chi connectivity index (χ4v) is 5.15. The van der Waals surface area contributed by atoms with Crippen molar-refractivity contribution in [2.75, 3.05) is 0 Å². The Morgan fingerprint density at radius 1 is 0.952 bits per heavy atom. The molecule has 0 aliphatic rings. The molecule has 0 aliphatic heterocycles. The summed E-state index contributed by atoms with van der Waals surface area (Å²) in [5.74, 6) is 1.51. The standard InChI is InChI=1S/C33H31N5O3.CH4/c1-20(2)28-19-24(38(36-28)23-12-9-21(3)10-13-23)18-25(39)17-22-11-14-29(27-8-6-5-7-26(22)27)41-30-15-16-34-32-31(30)37(4)33(40)35-32;/h5-16,19-20H,17-18H2,1-4H3,(H,34,35,40);1H4. The smallest absolute Gasteiger partial charge is 0.327 e. The lowest BCUT2D eigenvalue weighted by molar-refractivity contribution is -0.117. The number of ether oxygens (including phenoxy) is 1. The van der Waals surface area contributed by atoms with Crippen molar-refractivity contribution in [3.8, 4) is 17.2 Å². The third kappa shape index (κ3) is 5.35. The molecule has 0 fully saturated rings. The number of fused-ring (bicyclic) bond motifs is 2. The highest BCUT2D eigenvalue weighted by Crippen LogP contribution is 2.34. The van der Waals surface area contributed by atoms with E-state index in [1.165, 1.54) is 10.1 Å². The Morgan fingerprint density at radius 3 is 2.43 bits per heavy atom. The predicted molar refractivity (Wildman–Crippen MR) is 167 cm³/mol. The molecule has 8 heteroatoms. The number of nitrogens with zero attached hydrogens (tertiary/aromatic N) is 4. The van der Waals surface area contributed by atoms with Gasteiger partial charge in [0.25, 0.3) is 0 Å². The van der Waals surface area contributed by atoms with Crippen LogP contribution in [0.15, 0.2) is 83.8 Å². The molecule has 214 valence electrons. The fraction of sp³-hybridized carbons (Fsp3) is 0.235. The number of pyridine rings is 1. The van der Waals surface area contributed by atoms with E-state index in [1.807, 2.05) is 59.3 Å². The number of aryl methyl sites for hydroxylation is 2. The molecule has 1 N–H and O–H groups in total. The van der Waals surface area contributed by atoms with E-state index in [9.17, 15) is 9.59 Å². The summed E-state index contributed by atoms with van der Waals surface area (Å²) in [4.78, 5) is 32.6. The van der Waals surface area contributed by atoms with Crippen LogP contribution in [0, 0.1) is 6.92 Å². The molecule has 3 aromatic heterocycles. The quantitative estimate of drug-likeness (QED) is 0.220. The van der Waals surface area contributed by atoms with Gasteiger partial charge in [-0.1, -0.05) is 69.3 Å². The van der Waals surface area contributed by atoms with Crippen LogP contribution in [0.3, 0.4) is 0 Å². The number of nitrogens with one attached hydrogen (secondary N) is 1. The lowest BCUT2D eigenvalue weighted by Gasteiger charge is -2.13. The van der Waals surface area contributed by atoms with Crippen LogP contribution in [0.5, 0.6) is 11.5 Å². The fourth-order valence-electron chi connectivity index (χ4n) is 5.15. The maximum Gasteiger partial charge on any atom is 0.327 e. The number of aromatic nitrogens is 5. The van der Waals surface area contributed by atoms with Gasteiger partial charge in [0.1, 0.15) is 17.0 Å². The summed E-state index contributed by atoms with van der Waals surface area (Å²) in [5.41, 5.74) is 5.69. The number of carbonyl (C=O) groups is 1. The van der Waals surface area contributed by atoms with E-state index in [2.05, 4.69) is 42.9 Å². The average molecular weight is 562 g/mol. The summed E-state index contributed by atoms with van der Waals surface area (Å²) in [6, 6.07) is 23.7. The Balaban J connectivity index is 0.00000353. The lowest BCUT2D eigenvalue weighted by Crippen LogP contribution is -2.12. The van der Waals surface area contributed by atoms with E-state index >= 15 is 0 Å². The molecule has 0 saturated carbocycles. The Hall–Kier alpha value is -4.98. The molecule has 0 bridgehead atoms. The van der Waals surface area contributed by atoms with E-state index in [0.29, 0.717) is 22.7 Å². The lowest BCUT2D eigenvalue weighted by atomic mass is 9.98. The van der Waals surface area contributed by atoms with Gasteiger partial charge in [-0.15, -0.1) is 0 Å². The first-order valence-corrected chi connectivity index (χ1v) is 13.7. The minimum Gasteiger partial charge on any atom is -0.454 e. The van der Waals surface area contributed by atoms with E-state index in [4.69, 9.17) is 9.84 Å². The molecule has 42 heavy (non-hydrogen) atoms. The van der Waals surface area contributed by atoms with Crippen LogP contribution in [-0.4, -0.2) is 30.1 Å². The van der Waals surface area contributed by atoms with Gasteiger partial charge in [0.2, 0.25) is 0 Å². The van der Waals surface area contributed by atoms with Crippen LogP contribution in [0.2, 0.25) is 0 Å². The van der Waals surface area contributed by atoms with Crippen LogP contribution in [-0.2, 0) is 24.7 Å². The maximum absolute atomic E-state index is 13.5. The second kappa shape index (κ2) is 11.5. The van der Waals surface area contributed by atoms with Crippen molar-refractivity contribution in [2.45, 2.75) is 47.0 Å². The summed E-state index contributed by atoms with van der Waals surface area (Å²) >= 11 is 0. The number of imidazole rings is 1. The predicted octanol–water partition coefficient (Wildman–Crippen LogP) is 6.82. The minimum atomic E-state index is -0.258. The number of hydrogen-bond donors (Lipinski definition) is 1. The number of benzene rings is 3. The Bertz CT molecular complexity index is 1960. The highest BCUT2D eigenvalue weighted by atomic mass is 16.5. The van der Waals surface area contributed by atoms with Gasteiger partial charge >= 0.3 is 5.69 Å².